The highest BCUT2D eigenvalue weighted by atomic mass is 79.9. The first kappa shape index (κ1) is 8.72. The van der Waals surface area contributed by atoms with Crippen molar-refractivity contribution >= 4 is 15.9 Å². The van der Waals surface area contributed by atoms with Crippen molar-refractivity contribution in [2.45, 2.75) is 11.8 Å². The number of aryl methyl sites for hydroxylation is 1. The first-order valence-corrected chi connectivity index (χ1v) is 4.68. The molecular formula is C9H10BrF. The summed E-state index contributed by atoms with van der Waals surface area (Å²) in [5.41, 5.74) is 2.30. The normalized spacial score (nSPS) is 10.0. The molecule has 0 atom stereocenters. The minimum absolute atomic E-state index is 0.270. The van der Waals surface area contributed by atoms with Crippen LogP contribution in [0.25, 0.3) is 0 Å². The van der Waals surface area contributed by atoms with Gasteiger partial charge in [-0.2, -0.15) is 0 Å². The second kappa shape index (κ2) is 4.50. The van der Waals surface area contributed by atoms with Gasteiger partial charge in [0.2, 0.25) is 0 Å². The van der Waals surface area contributed by atoms with Crippen molar-refractivity contribution in [3.8, 4) is 0 Å². The van der Waals surface area contributed by atoms with E-state index in [1.54, 1.807) is 0 Å². The van der Waals surface area contributed by atoms with Crippen LogP contribution >= 0.6 is 15.9 Å². The average molecular weight is 217 g/mol. The Morgan fingerprint density at radius 2 is 1.64 bits per heavy atom. The lowest BCUT2D eigenvalue weighted by Gasteiger charge is -1.98. The molecule has 1 rings (SSSR count). The fourth-order valence-electron chi connectivity index (χ4n) is 0.904. The quantitative estimate of drug-likeness (QED) is 0.682. The third kappa shape index (κ3) is 2.62. The summed E-state index contributed by atoms with van der Waals surface area (Å²) in [6.07, 6.45) is 0.530. The lowest BCUT2D eigenvalue weighted by Crippen LogP contribution is -1.86. The van der Waals surface area contributed by atoms with Gasteiger partial charge in [0.25, 0.3) is 0 Å². The topological polar surface area (TPSA) is 0 Å². The summed E-state index contributed by atoms with van der Waals surface area (Å²) in [6.45, 7) is -0.270. The van der Waals surface area contributed by atoms with Crippen molar-refractivity contribution in [1.29, 1.82) is 0 Å². The summed E-state index contributed by atoms with van der Waals surface area (Å²) < 4.78 is 11.9. The van der Waals surface area contributed by atoms with Crippen LogP contribution in [-0.2, 0) is 11.8 Å². The standard InChI is InChI=1S/C9H10BrF/c10-7-9-3-1-8(2-4-9)5-6-11/h1-4H,5-7H2. The maximum absolute atomic E-state index is 11.9. The van der Waals surface area contributed by atoms with Crippen molar-refractivity contribution in [2.75, 3.05) is 6.67 Å². The minimum atomic E-state index is -0.270. The van der Waals surface area contributed by atoms with Gasteiger partial charge in [-0.25, -0.2) is 0 Å². The predicted molar refractivity (Wildman–Crippen MR) is 48.8 cm³/mol. The Balaban J connectivity index is 2.66. The first-order chi connectivity index (χ1) is 5.36. The van der Waals surface area contributed by atoms with Crippen LogP contribution < -0.4 is 0 Å². The maximum Gasteiger partial charge on any atom is 0.0934 e. The Hall–Kier alpha value is -0.370. The molecule has 0 bridgehead atoms. The molecular weight excluding hydrogens is 207 g/mol. The zero-order valence-electron chi connectivity index (χ0n) is 6.19. The molecule has 0 nitrogen and oxygen atoms in total. The number of halogens is 2. The Labute approximate surface area is 74.6 Å². The second-order valence-corrected chi connectivity index (χ2v) is 2.95. The van der Waals surface area contributed by atoms with Gasteiger partial charge in [0.1, 0.15) is 0 Å². The van der Waals surface area contributed by atoms with E-state index in [4.69, 9.17) is 0 Å². The number of alkyl halides is 2. The van der Waals surface area contributed by atoms with Gasteiger partial charge < -0.3 is 0 Å². The molecule has 0 saturated carbocycles. The molecule has 11 heavy (non-hydrogen) atoms. The Morgan fingerprint density at radius 3 is 2.09 bits per heavy atom. The third-order valence-corrected chi connectivity index (χ3v) is 2.21. The molecule has 0 fully saturated rings. The third-order valence-electron chi connectivity index (χ3n) is 1.56. The molecule has 0 unspecified atom stereocenters. The summed E-state index contributed by atoms with van der Waals surface area (Å²) in [5.74, 6) is 0. The van der Waals surface area contributed by atoms with Crippen LogP contribution in [0, 0.1) is 0 Å². The van der Waals surface area contributed by atoms with E-state index in [0.717, 1.165) is 10.9 Å². The first-order valence-electron chi connectivity index (χ1n) is 3.56. The van der Waals surface area contributed by atoms with E-state index >= 15 is 0 Å². The van der Waals surface area contributed by atoms with Crippen molar-refractivity contribution < 1.29 is 4.39 Å². The Kier molecular flexibility index (Phi) is 3.57. The SMILES string of the molecule is FCCc1ccc(CBr)cc1. The molecule has 2 heteroatoms. The van der Waals surface area contributed by atoms with E-state index in [2.05, 4.69) is 15.9 Å². The molecule has 1 aromatic rings. The summed E-state index contributed by atoms with van der Waals surface area (Å²) >= 11 is 3.35. The second-order valence-electron chi connectivity index (χ2n) is 2.39. The zero-order chi connectivity index (χ0) is 8.10. The molecule has 0 N–H and O–H groups in total. The molecule has 0 heterocycles. The fraction of sp³-hybridized carbons (Fsp3) is 0.333. The molecule has 60 valence electrons. The van der Waals surface area contributed by atoms with Crippen molar-refractivity contribution in [3.63, 3.8) is 0 Å². The monoisotopic (exact) mass is 216 g/mol. The van der Waals surface area contributed by atoms with Gasteiger partial charge in [-0.3, -0.25) is 4.39 Å². The summed E-state index contributed by atoms with van der Waals surface area (Å²) in [6, 6.07) is 7.96. The van der Waals surface area contributed by atoms with E-state index in [1.165, 1.54) is 5.56 Å². The smallest absolute Gasteiger partial charge is 0.0934 e. The van der Waals surface area contributed by atoms with Gasteiger partial charge >= 0.3 is 0 Å². The van der Waals surface area contributed by atoms with Gasteiger partial charge in [0.15, 0.2) is 0 Å². The molecule has 1 aromatic carbocycles. The van der Waals surface area contributed by atoms with E-state index < -0.39 is 0 Å². The van der Waals surface area contributed by atoms with Crippen molar-refractivity contribution in [2.24, 2.45) is 0 Å². The van der Waals surface area contributed by atoms with Crippen molar-refractivity contribution in [1.82, 2.24) is 0 Å². The van der Waals surface area contributed by atoms with E-state index in [-0.39, 0.29) is 6.67 Å². The summed E-state index contributed by atoms with van der Waals surface area (Å²) in [4.78, 5) is 0. The molecule has 0 aliphatic rings. The van der Waals surface area contributed by atoms with Crippen LogP contribution in [0.3, 0.4) is 0 Å². The molecule has 0 aliphatic carbocycles. The van der Waals surface area contributed by atoms with Crippen LogP contribution in [0.15, 0.2) is 24.3 Å². The molecule has 0 spiro atoms. The van der Waals surface area contributed by atoms with Gasteiger partial charge in [-0.05, 0) is 11.1 Å². The fourth-order valence-corrected chi connectivity index (χ4v) is 1.28. The highest BCUT2D eigenvalue weighted by molar-refractivity contribution is 9.08. The van der Waals surface area contributed by atoms with Crippen LogP contribution in [0.1, 0.15) is 11.1 Å². The largest absolute Gasteiger partial charge is 0.251 e. The Morgan fingerprint density at radius 1 is 1.09 bits per heavy atom. The van der Waals surface area contributed by atoms with Crippen LogP contribution in [0.5, 0.6) is 0 Å². The van der Waals surface area contributed by atoms with Crippen LogP contribution in [-0.4, -0.2) is 6.67 Å². The van der Waals surface area contributed by atoms with Gasteiger partial charge in [0.05, 0.1) is 6.67 Å². The van der Waals surface area contributed by atoms with Gasteiger partial charge in [-0.15, -0.1) is 0 Å². The highest BCUT2D eigenvalue weighted by Gasteiger charge is 1.92. The molecule has 0 amide bonds. The van der Waals surface area contributed by atoms with E-state index in [1.807, 2.05) is 24.3 Å². The number of rotatable bonds is 3. The molecule has 0 saturated heterocycles. The molecule has 0 aliphatic heterocycles. The highest BCUT2D eigenvalue weighted by Crippen LogP contribution is 2.08. The molecule has 0 aromatic heterocycles. The lowest BCUT2D eigenvalue weighted by atomic mass is 10.1. The number of benzene rings is 1. The lowest BCUT2D eigenvalue weighted by molar-refractivity contribution is 0.495. The zero-order valence-corrected chi connectivity index (χ0v) is 7.77. The van der Waals surface area contributed by atoms with Crippen LogP contribution in [0.4, 0.5) is 4.39 Å². The van der Waals surface area contributed by atoms with E-state index in [0.29, 0.717) is 6.42 Å². The van der Waals surface area contributed by atoms with Gasteiger partial charge in [0, 0.05) is 11.8 Å². The van der Waals surface area contributed by atoms with Crippen molar-refractivity contribution in [3.05, 3.63) is 35.4 Å². The van der Waals surface area contributed by atoms with Gasteiger partial charge in [-0.1, -0.05) is 40.2 Å². The maximum atomic E-state index is 11.9. The Bertz CT molecular complexity index is 205. The average Bonchev–Trinajstić information content (AvgIpc) is 2.07. The summed E-state index contributed by atoms with van der Waals surface area (Å²) in [5, 5.41) is 0.864. The predicted octanol–water partition coefficient (Wildman–Crippen LogP) is 3.09. The minimum Gasteiger partial charge on any atom is -0.251 e. The summed E-state index contributed by atoms with van der Waals surface area (Å²) in [7, 11) is 0. The van der Waals surface area contributed by atoms with E-state index in [9.17, 15) is 4.39 Å². The number of hydrogen-bond donors (Lipinski definition) is 0. The number of hydrogen-bond acceptors (Lipinski definition) is 0. The van der Waals surface area contributed by atoms with Crippen LogP contribution in [0.2, 0.25) is 0 Å². The molecule has 0 radical (unpaired) electrons.